The largest absolute Gasteiger partial charge is 2.00 e. The van der Waals surface area contributed by atoms with Gasteiger partial charge >= 0.3 is 23.1 Å². The third-order valence-electron chi connectivity index (χ3n) is 21.5. The molecule has 0 aromatic heterocycles. The van der Waals surface area contributed by atoms with Crippen molar-refractivity contribution in [2.24, 2.45) is 80.8 Å². The third-order valence-corrected chi connectivity index (χ3v) is 21.5. The predicted octanol–water partition coefficient (Wildman–Crippen LogP) is 10.7. The Balaban J connectivity index is 0.000000252. The molecule has 0 bridgehead atoms. The van der Waals surface area contributed by atoms with Crippen molar-refractivity contribution >= 4 is 34.7 Å². The Morgan fingerprint density at radius 3 is 1.49 bits per heavy atom. The fourth-order valence-electron chi connectivity index (χ4n) is 17.6. The van der Waals surface area contributed by atoms with Crippen LogP contribution in [0.15, 0.2) is 48.5 Å². The van der Waals surface area contributed by atoms with Crippen molar-refractivity contribution in [1.82, 2.24) is 5.06 Å². The molecule has 16 atom stereocenters. The summed E-state index contributed by atoms with van der Waals surface area (Å²) in [5, 5.41) is 22.8. The molecule has 0 aliphatic heterocycles. The zero-order valence-electron chi connectivity index (χ0n) is 42.9. The summed E-state index contributed by atoms with van der Waals surface area (Å²) in [6.45, 7) is 17.3. The van der Waals surface area contributed by atoms with Crippen molar-refractivity contribution in [3.8, 4) is 0 Å². The van der Waals surface area contributed by atoms with Crippen LogP contribution in [0.1, 0.15) is 183 Å². The van der Waals surface area contributed by atoms with Gasteiger partial charge in [0.1, 0.15) is 11.6 Å². The van der Waals surface area contributed by atoms with E-state index in [1.807, 2.05) is 19.9 Å². The Hall–Kier alpha value is -1.75. The number of nitrogens with zero attached hydrogens (tertiary/aromatic N) is 1. The molecule has 0 saturated heterocycles. The van der Waals surface area contributed by atoms with Crippen molar-refractivity contribution in [3.05, 3.63) is 78.2 Å². The first-order chi connectivity index (χ1) is 31.1. The molecule has 10 rings (SSSR count). The molecule has 1 amide bonds. The van der Waals surface area contributed by atoms with Crippen molar-refractivity contribution in [2.75, 3.05) is 14.2 Å². The van der Waals surface area contributed by atoms with Gasteiger partial charge in [-0.15, -0.1) is 6.07 Å². The first kappa shape index (κ1) is 60.8. The number of amides is 1. The Morgan fingerprint density at radius 1 is 0.614 bits per heavy atom. The van der Waals surface area contributed by atoms with Crippen LogP contribution in [-0.2, 0) is 20.8 Å². The summed E-state index contributed by atoms with van der Waals surface area (Å²) < 4.78 is 26.4. The van der Waals surface area contributed by atoms with E-state index in [0.29, 0.717) is 51.5 Å². The van der Waals surface area contributed by atoms with Crippen LogP contribution in [0.25, 0.3) is 0 Å². The van der Waals surface area contributed by atoms with E-state index in [9.17, 15) is 28.6 Å². The molecule has 8 aliphatic carbocycles. The van der Waals surface area contributed by atoms with Crippen molar-refractivity contribution in [3.63, 3.8) is 0 Å². The Bertz CT molecular complexity index is 2070. The predicted molar refractivity (Wildman–Crippen MR) is 277 cm³/mol. The van der Waals surface area contributed by atoms with Gasteiger partial charge in [-0.2, -0.15) is 18.6 Å². The van der Waals surface area contributed by atoms with Crippen molar-refractivity contribution in [2.45, 2.75) is 190 Å². The molecule has 2 aromatic carbocycles. The number of halogens is 3. The normalized spacial score (nSPS) is 41.7. The van der Waals surface area contributed by atoms with Crippen LogP contribution in [0.5, 0.6) is 0 Å². The molecule has 8 aliphatic rings. The van der Waals surface area contributed by atoms with Crippen LogP contribution in [-0.4, -0.2) is 75.4 Å². The second-order valence-electron chi connectivity index (χ2n) is 24.9. The summed E-state index contributed by atoms with van der Waals surface area (Å²) >= 11 is 0. The van der Waals surface area contributed by atoms with Gasteiger partial charge < -0.3 is 22.6 Å². The molecule has 2 aromatic rings. The summed E-state index contributed by atoms with van der Waals surface area (Å²) in [6.07, 6.45) is 20.5. The molecule has 390 valence electrons. The number of carbonyl (C=O) groups is 2. The first-order valence-electron chi connectivity index (χ1n) is 26.2. The van der Waals surface area contributed by atoms with Crippen LogP contribution in [0.4, 0.5) is 8.78 Å². The van der Waals surface area contributed by atoms with E-state index >= 15 is 0 Å². The second kappa shape index (κ2) is 23.0. The van der Waals surface area contributed by atoms with Gasteiger partial charge in [-0.05, 0) is 210 Å². The van der Waals surface area contributed by atoms with Gasteiger partial charge in [0.25, 0.3) is 0 Å². The zero-order valence-corrected chi connectivity index (χ0v) is 45.1. The van der Waals surface area contributed by atoms with E-state index in [2.05, 4.69) is 34.6 Å². The van der Waals surface area contributed by atoms with E-state index in [0.717, 1.165) is 75.5 Å². The van der Waals surface area contributed by atoms with Crippen molar-refractivity contribution in [1.29, 1.82) is 0 Å². The van der Waals surface area contributed by atoms with E-state index in [1.165, 1.54) is 75.0 Å². The maximum atomic E-state index is 14.2. The SMILES string of the molecule is C.C.CON(C)C(=O)[C@H]1CC[C@H]2[C@@H]3CC[C@H]4C[C@](C)(O)CC[C@]4(C)[C@H]3CC[C@]12C.C[C@@]1(O)CC[C@@]2(C)[C@@H](CC[C@@H]3[C@@H]2CC[C@]2(C)[C@@H](C(=O)Cc4ccccc4F)CC[C@@H]32)C1.[CH2-]c1ccccc1F.[Cl-].[Mg+2]. The van der Waals surface area contributed by atoms with Gasteiger partial charge in [0.05, 0.1) is 18.3 Å². The quantitative estimate of drug-likeness (QED) is 0.177. The number of rotatable bonds is 5. The van der Waals surface area contributed by atoms with Crippen molar-refractivity contribution < 1.29 is 45.8 Å². The third kappa shape index (κ3) is 11.3. The number of hydrogen-bond acceptors (Lipinski definition) is 5. The maximum absolute atomic E-state index is 14.2. The molecule has 0 spiro atoms. The summed E-state index contributed by atoms with van der Waals surface area (Å²) in [7, 11) is 3.34. The Kier molecular flexibility index (Phi) is 20.0. The Labute approximate surface area is 445 Å². The molecule has 10 heteroatoms. The number of hydroxylamine groups is 2. The average molecular weight is 1010 g/mol. The number of ketones is 1. The standard InChI is InChI=1S/C28H39FO2.C23H39NO3.C7H6F.2CH4.ClH.Mg/c1-26(31)14-15-27(2)19(17-26)8-9-20-21-10-11-23(28(21,3)13-12-22(20)27)25(30)16-18-6-4-5-7-24(18)29;1-21(26)12-13-22(2)15(14-21)6-7-16-17-8-9-19(20(25)24(4)27-5)23(17,3)11-10-18(16)22;1-6-4-2-3-5-7(6)8;;;;/h4-7,19-23,31H,8-17H2,1-3H3;15-19,26H,6-14H2,1-5H3;2-5H,1H2;2*1H4;1H;/q;;-1;;;;+2/p-1/t19-,20-,21-,22-,23+,26+,27-,28-;15-,16-,17-,18-,19+,21+,22-,23-;;;;;/m00...../s1. The Morgan fingerprint density at radius 2 is 1.04 bits per heavy atom. The summed E-state index contributed by atoms with van der Waals surface area (Å²) in [5.41, 5.74) is 0.997. The number of carbonyl (C=O) groups excluding carboxylic acids is 2. The summed E-state index contributed by atoms with van der Waals surface area (Å²) in [5.74, 6) is 5.74. The van der Waals surface area contributed by atoms with E-state index < -0.39 is 11.2 Å². The molecule has 8 saturated carbocycles. The molecule has 8 fully saturated rings. The maximum Gasteiger partial charge on any atom is 2.00 e. The molecule has 0 heterocycles. The number of hydrogen-bond donors (Lipinski definition) is 2. The van der Waals surface area contributed by atoms with Crippen LogP contribution in [0, 0.1) is 99.4 Å². The van der Waals surface area contributed by atoms with E-state index in [4.69, 9.17) is 4.84 Å². The van der Waals surface area contributed by atoms with Gasteiger partial charge in [0.2, 0.25) is 5.91 Å². The van der Waals surface area contributed by atoms with E-state index in [-0.39, 0.29) is 103 Å². The number of Topliss-reactive ketones (excluding diaryl/α,β-unsaturated/α-hetero) is 1. The smallest absolute Gasteiger partial charge is 1.00 e. The van der Waals surface area contributed by atoms with Gasteiger partial charge in [0, 0.05) is 31.1 Å². The molecule has 2 N–H and O–H groups in total. The van der Waals surface area contributed by atoms with Gasteiger partial charge in [-0.1, -0.05) is 72.9 Å². The molecular weight excluding hydrogens is 912 g/mol. The molecule has 0 radical (unpaired) electrons. The van der Waals surface area contributed by atoms with Crippen LogP contribution in [0.2, 0.25) is 0 Å². The average Bonchev–Trinajstić information content (AvgIpc) is 3.82. The topological polar surface area (TPSA) is 87.1 Å². The summed E-state index contributed by atoms with van der Waals surface area (Å²) in [6, 6.07) is 13.2. The first-order valence-corrected chi connectivity index (χ1v) is 26.2. The van der Waals surface area contributed by atoms with Crippen LogP contribution in [0.3, 0.4) is 0 Å². The number of benzene rings is 2. The van der Waals surface area contributed by atoms with Gasteiger partial charge in [0.15, 0.2) is 0 Å². The van der Waals surface area contributed by atoms with E-state index in [1.54, 1.807) is 44.5 Å². The fraction of sp³-hybridized carbons (Fsp3) is 0.750. The molecular formula is C60H92ClF2MgNO5. The number of aliphatic hydroxyl groups is 2. The fourth-order valence-corrected chi connectivity index (χ4v) is 17.6. The minimum Gasteiger partial charge on any atom is -1.00 e. The monoisotopic (exact) mass is 1000 g/mol. The molecule has 0 unspecified atom stereocenters. The minimum absolute atomic E-state index is 0. The molecule has 70 heavy (non-hydrogen) atoms. The van der Waals surface area contributed by atoms with Gasteiger partial charge in [-0.3, -0.25) is 18.8 Å². The summed E-state index contributed by atoms with van der Waals surface area (Å²) in [4.78, 5) is 31.5. The second-order valence-corrected chi connectivity index (χ2v) is 24.9. The number of fused-ring (bicyclic) bond motifs is 10. The zero-order chi connectivity index (χ0) is 47.6. The minimum atomic E-state index is -0.488. The van der Waals surface area contributed by atoms with Gasteiger partial charge in [-0.25, -0.2) is 9.45 Å². The molecule has 6 nitrogen and oxygen atoms in total. The van der Waals surface area contributed by atoms with Crippen LogP contribution < -0.4 is 12.4 Å². The van der Waals surface area contributed by atoms with Crippen LogP contribution >= 0.6 is 0 Å².